The Morgan fingerprint density at radius 1 is 1.36 bits per heavy atom. The summed E-state index contributed by atoms with van der Waals surface area (Å²) in [6, 6.07) is 1.88. The number of amides is 1. The van der Waals surface area contributed by atoms with Crippen molar-refractivity contribution < 1.29 is 9.53 Å². The van der Waals surface area contributed by atoms with Crippen LogP contribution in [0.4, 0.5) is 0 Å². The van der Waals surface area contributed by atoms with E-state index >= 15 is 0 Å². The molecule has 7 nitrogen and oxygen atoms in total. The van der Waals surface area contributed by atoms with Gasteiger partial charge in [-0.1, -0.05) is 0 Å². The smallest absolute Gasteiger partial charge is 0.257 e. The number of aromatic amines is 1. The number of carbonyl (C=O) groups is 1. The summed E-state index contributed by atoms with van der Waals surface area (Å²) in [6.07, 6.45) is 9.82. The first kappa shape index (κ1) is 15.9. The maximum atomic E-state index is 12.7. The Bertz CT molecular complexity index is 823. The molecule has 0 radical (unpaired) electrons. The number of aromatic nitrogens is 3. The lowest BCUT2D eigenvalue weighted by Gasteiger charge is -2.21. The number of carbonyl (C=O) groups excluding carboxylic acids is 1. The summed E-state index contributed by atoms with van der Waals surface area (Å²) in [5.74, 6) is 0.352. The highest BCUT2D eigenvalue weighted by molar-refractivity contribution is 5.94. The second kappa shape index (κ2) is 6.38. The van der Waals surface area contributed by atoms with E-state index in [1.807, 2.05) is 11.5 Å². The lowest BCUT2D eigenvalue weighted by Crippen LogP contribution is -2.43. The van der Waals surface area contributed by atoms with Crippen molar-refractivity contribution in [3.05, 3.63) is 46.1 Å². The number of aryl methyl sites for hydroxylation is 1. The van der Waals surface area contributed by atoms with E-state index in [-0.39, 0.29) is 29.0 Å². The van der Waals surface area contributed by atoms with Crippen molar-refractivity contribution in [1.82, 2.24) is 20.1 Å². The molecule has 25 heavy (non-hydrogen) atoms. The Hall–Kier alpha value is -2.57. The standard InChI is InChI=1S/C18H22N4O3/c1-11-7-16(23)14(10-22(11)12-5-6-12)18(24)21-15-3-2-4-17(15)25-13-8-19-20-9-13/h7-10,12,15,17H,2-6H2,1H3,(H,19,20)(H,21,24)/t15-,17+/m0/s1. The van der Waals surface area contributed by atoms with Crippen LogP contribution in [0.15, 0.2) is 29.5 Å². The van der Waals surface area contributed by atoms with Crippen molar-refractivity contribution in [3.63, 3.8) is 0 Å². The van der Waals surface area contributed by atoms with Gasteiger partial charge in [-0.3, -0.25) is 14.7 Å². The molecule has 0 bridgehead atoms. The van der Waals surface area contributed by atoms with Gasteiger partial charge in [0.2, 0.25) is 0 Å². The van der Waals surface area contributed by atoms with Gasteiger partial charge in [-0.2, -0.15) is 5.10 Å². The summed E-state index contributed by atoms with van der Waals surface area (Å²) in [7, 11) is 0. The molecule has 0 saturated heterocycles. The fraction of sp³-hybridized carbons (Fsp3) is 0.500. The number of rotatable bonds is 5. The van der Waals surface area contributed by atoms with Crippen molar-refractivity contribution >= 4 is 5.91 Å². The van der Waals surface area contributed by atoms with Gasteiger partial charge in [0.1, 0.15) is 11.7 Å². The summed E-state index contributed by atoms with van der Waals surface area (Å²) >= 11 is 0. The molecule has 2 fully saturated rings. The third kappa shape index (κ3) is 3.31. The lowest BCUT2D eigenvalue weighted by molar-refractivity contribution is 0.0892. The van der Waals surface area contributed by atoms with Crippen LogP contribution >= 0.6 is 0 Å². The van der Waals surface area contributed by atoms with Gasteiger partial charge < -0.3 is 14.6 Å². The van der Waals surface area contributed by atoms with Crippen molar-refractivity contribution in [3.8, 4) is 5.75 Å². The second-order valence-corrected chi connectivity index (χ2v) is 6.93. The molecule has 7 heteroatoms. The van der Waals surface area contributed by atoms with Crippen LogP contribution in [0.1, 0.15) is 54.2 Å². The van der Waals surface area contributed by atoms with Crippen LogP contribution < -0.4 is 15.5 Å². The average Bonchev–Trinajstić information content (AvgIpc) is 3.11. The van der Waals surface area contributed by atoms with Crippen molar-refractivity contribution in [2.24, 2.45) is 0 Å². The second-order valence-electron chi connectivity index (χ2n) is 6.93. The van der Waals surface area contributed by atoms with Crippen LogP contribution in [0, 0.1) is 6.92 Å². The van der Waals surface area contributed by atoms with Crippen LogP contribution in [-0.2, 0) is 0 Å². The van der Waals surface area contributed by atoms with Crippen molar-refractivity contribution in [2.45, 2.75) is 57.2 Å². The van der Waals surface area contributed by atoms with E-state index in [9.17, 15) is 9.59 Å². The number of hydrogen-bond donors (Lipinski definition) is 2. The molecule has 2 atom stereocenters. The van der Waals surface area contributed by atoms with E-state index in [1.54, 1.807) is 24.7 Å². The van der Waals surface area contributed by atoms with Gasteiger partial charge in [0.05, 0.1) is 18.4 Å². The minimum atomic E-state index is -0.313. The molecule has 2 aliphatic carbocycles. The maximum Gasteiger partial charge on any atom is 0.257 e. The summed E-state index contributed by atoms with van der Waals surface area (Å²) in [6.45, 7) is 1.91. The Kier molecular flexibility index (Phi) is 4.07. The first-order chi connectivity index (χ1) is 12.1. The third-order valence-corrected chi connectivity index (χ3v) is 5.00. The zero-order chi connectivity index (χ0) is 17.4. The van der Waals surface area contributed by atoms with Crippen LogP contribution in [0.25, 0.3) is 0 Å². The van der Waals surface area contributed by atoms with E-state index in [0.717, 1.165) is 37.8 Å². The molecule has 0 unspecified atom stereocenters. The van der Waals surface area contributed by atoms with Crippen molar-refractivity contribution in [2.75, 3.05) is 0 Å². The predicted octanol–water partition coefficient (Wildman–Crippen LogP) is 1.94. The predicted molar refractivity (Wildman–Crippen MR) is 91.8 cm³/mol. The Balaban J connectivity index is 1.49. The molecule has 2 aliphatic rings. The highest BCUT2D eigenvalue weighted by atomic mass is 16.5. The molecule has 2 N–H and O–H groups in total. The molecule has 2 aromatic heterocycles. The SMILES string of the molecule is Cc1cc(=O)c(C(=O)N[C@H]2CCC[C@H]2Oc2cn[nH]c2)cn1C1CC1. The van der Waals surface area contributed by atoms with E-state index in [4.69, 9.17) is 4.74 Å². The zero-order valence-corrected chi connectivity index (χ0v) is 14.2. The van der Waals surface area contributed by atoms with Crippen LogP contribution in [0.2, 0.25) is 0 Å². The number of hydrogen-bond acceptors (Lipinski definition) is 4. The highest BCUT2D eigenvalue weighted by Gasteiger charge is 2.32. The summed E-state index contributed by atoms with van der Waals surface area (Å²) < 4.78 is 7.94. The first-order valence-corrected chi connectivity index (χ1v) is 8.81. The zero-order valence-electron chi connectivity index (χ0n) is 14.2. The highest BCUT2D eigenvalue weighted by Crippen LogP contribution is 2.35. The van der Waals surface area contributed by atoms with Gasteiger partial charge in [0, 0.05) is 24.0 Å². The molecule has 0 spiro atoms. The molecular formula is C18H22N4O3. The normalized spacial score (nSPS) is 22.8. The van der Waals surface area contributed by atoms with E-state index in [1.165, 1.54) is 0 Å². The molecule has 2 heterocycles. The Morgan fingerprint density at radius 2 is 2.20 bits per heavy atom. The van der Waals surface area contributed by atoms with Crippen LogP contribution in [0.3, 0.4) is 0 Å². The monoisotopic (exact) mass is 342 g/mol. The lowest BCUT2D eigenvalue weighted by atomic mass is 10.1. The van der Waals surface area contributed by atoms with E-state index in [2.05, 4.69) is 15.5 Å². The number of nitrogens with one attached hydrogen (secondary N) is 2. The molecule has 4 rings (SSSR count). The fourth-order valence-corrected chi connectivity index (χ4v) is 3.52. The summed E-state index contributed by atoms with van der Waals surface area (Å²) in [5, 5.41) is 9.58. The number of H-pyrrole nitrogens is 1. The van der Waals surface area contributed by atoms with Gasteiger partial charge in [-0.05, 0) is 39.0 Å². The third-order valence-electron chi connectivity index (χ3n) is 5.00. The van der Waals surface area contributed by atoms with E-state index in [0.29, 0.717) is 11.8 Å². The molecule has 0 aromatic carbocycles. The number of nitrogens with zero attached hydrogens (tertiary/aromatic N) is 2. The minimum absolute atomic E-state index is 0.0994. The van der Waals surface area contributed by atoms with Gasteiger partial charge in [-0.25, -0.2) is 0 Å². The Labute approximate surface area is 145 Å². The van der Waals surface area contributed by atoms with Crippen molar-refractivity contribution in [1.29, 1.82) is 0 Å². The number of pyridine rings is 1. The summed E-state index contributed by atoms with van der Waals surface area (Å²) in [4.78, 5) is 24.9. The van der Waals surface area contributed by atoms with Gasteiger partial charge in [-0.15, -0.1) is 0 Å². The first-order valence-electron chi connectivity index (χ1n) is 8.81. The minimum Gasteiger partial charge on any atom is -0.485 e. The fourth-order valence-electron chi connectivity index (χ4n) is 3.52. The van der Waals surface area contributed by atoms with Crippen LogP contribution in [0.5, 0.6) is 5.75 Å². The van der Waals surface area contributed by atoms with Gasteiger partial charge in [0.15, 0.2) is 11.2 Å². The molecular weight excluding hydrogens is 320 g/mol. The molecule has 1 amide bonds. The van der Waals surface area contributed by atoms with Crippen LogP contribution in [-0.4, -0.2) is 32.8 Å². The molecule has 2 saturated carbocycles. The largest absolute Gasteiger partial charge is 0.485 e. The van der Waals surface area contributed by atoms with Gasteiger partial charge in [0.25, 0.3) is 5.91 Å². The van der Waals surface area contributed by atoms with E-state index < -0.39 is 0 Å². The molecule has 132 valence electrons. The molecule has 2 aromatic rings. The topological polar surface area (TPSA) is 89.0 Å². The Morgan fingerprint density at radius 3 is 2.92 bits per heavy atom. The number of ether oxygens (including phenoxy) is 1. The molecule has 0 aliphatic heterocycles. The quantitative estimate of drug-likeness (QED) is 0.869. The summed E-state index contributed by atoms with van der Waals surface area (Å²) in [5.41, 5.74) is 0.898. The average molecular weight is 342 g/mol. The maximum absolute atomic E-state index is 12.7. The van der Waals surface area contributed by atoms with Gasteiger partial charge >= 0.3 is 0 Å².